The van der Waals surface area contributed by atoms with E-state index in [0.29, 0.717) is 11.8 Å². The van der Waals surface area contributed by atoms with Crippen LogP contribution in [-0.4, -0.2) is 23.4 Å². The Morgan fingerprint density at radius 3 is 2.48 bits per heavy atom. The second kappa shape index (κ2) is 5.46. The van der Waals surface area contributed by atoms with Gasteiger partial charge in [0.25, 0.3) is 0 Å². The predicted octanol–water partition coefficient (Wildman–Crippen LogP) is 3.74. The number of hydrogen-bond acceptors (Lipinski definition) is 4. The van der Waals surface area contributed by atoms with E-state index in [9.17, 15) is 10.2 Å². The van der Waals surface area contributed by atoms with Crippen LogP contribution >= 0.6 is 0 Å². The van der Waals surface area contributed by atoms with E-state index in [4.69, 9.17) is 9.47 Å². The number of aromatic hydroxyl groups is 2. The molecule has 4 atom stereocenters. The predicted molar refractivity (Wildman–Crippen MR) is 85.8 cm³/mol. The lowest BCUT2D eigenvalue weighted by Gasteiger charge is -2.36. The monoisotopic (exact) mass is 312 g/mol. The van der Waals surface area contributed by atoms with E-state index in [1.165, 1.54) is 0 Å². The van der Waals surface area contributed by atoms with E-state index >= 15 is 0 Å². The summed E-state index contributed by atoms with van der Waals surface area (Å²) in [6.45, 7) is 0. The first-order chi connectivity index (χ1) is 11.2. The zero-order valence-electron chi connectivity index (χ0n) is 13.0. The van der Waals surface area contributed by atoms with Gasteiger partial charge in [0.05, 0.1) is 6.10 Å². The van der Waals surface area contributed by atoms with Crippen LogP contribution in [0.1, 0.15) is 36.0 Å². The largest absolute Gasteiger partial charge is 0.508 e. The average Bonchev–Trinajstić information content (AvgIpc) is 3.00. The molecule has 0 aromatic heterocycles. The first-order valence-electron chi connectivity index (χ1n) is 7.97. The number of phenols is 2. The molecule has 2 aromatic carbocycles. The van der Waals surface area contributed by atoms with Gasteiger partial charge in [-0.15, -0.1) is 0 Å². The van der Waals surface area contributed by atoms with Crippen LogP contribution in [-0.2, 0) is 4.74 Å². The third-order valence-electron chi connectivity index (χ3n) is 5.16. The summed E-state index contributed by atoms with van der Waals surface area (Å²) in [6.07, 6.45) is 2.02. The molecule has 0 bridgehead atoms. The molecule has 4 nitrogen and oxygen atoms in total. The molecule has 1 saturated carbocycles. The van der Waals surface area contributed by atoms with E-state index in [-0.39, 0.29) is 23.7 Å². The van der Waals surface area contributed by atoms with Gasteiger partial charge in [0, 0.05) is 18.6 Å². The van der Waals surface area contributed by atoms with Gasteiger partial charge in [0.2, 0.25) is 0 Å². The van der Waals surface area contributed by atoms with Crippen molar-refractivity contribution in [3.63, 3.8) is 0 Å². The smallest absolute Gasteiger partial charge is 0.127 e. The Kier molecular flexibility index (Phi) is 3.42. The molecule has 2 N–H and O–H groups in total. The molecule has 1 heterocycles. The minimum atomic E-state index is -0.0576. The lowest BCUT2D eigenvalue weighted by atomic mass is 9.80. The Morgan fingerprint density at radius 2 is 1.74 bits per heavy atom. The molecule has 2 aromatic rings. The standard InChI is InChI=1S/C19H20O4/c1-22-14-9-15-16-8-13(21)6-7-18(16)23-19(17(15)10-14)11-2-4-12(20)5-3-11/h2-8,14-15,17,19-21H,9-10H2,1H3/t14-,15-,17-,19-/m1/s1. The number of rotatable bonds is 2. The molecule has 1 fully saturated rings. The molecule has 0 amide bonds. The second-order valence-electron chi connectivity index (χ2n) is 6.45. The van der Waals surface area contributed by atoms with Crippen LogP contribution < -0.4 is 4.74 Å². The molecule has 0 saturated heterocycles. The number of phenolic OH excluding ortho intramolecular Hbond substituents is 2. The molecule has 0 radical (unpaired) electrons. The highest BCUT2D eigenvalue weighted by Gasteiger charge is 2.45. The van der Waals surface area contributed by atoms with Crippen molar-refractivity contribution in [2.24, 2.45) is 5.92 Å². The van der Waals surface area contributed by atoms with E-state index in [1.54, 1.807) is 25.3 Å². The molecule has 2 aliphatic rings. The van der Waals surface area contributed by atoms with Crippen molar-refractivity contribution in [3.8, 4) is 17.2 Å². The van der Waals surface area contributed by atoms with Crippen molar-refractivity contribution in [2.45, 2.75) is 31.0 Å². The maximum Gasteiger partial charge on any atom is 0.127 e. The lowest BCUT2D eigenvalue weighted by Crippen LogP contribution is -2.26. The number of benzene rings is 2. The molecular weight excluding hydrogens is 292 g/mol. The summed E-state index contributed by atoms with van der Waals surface area (Å²) in [5.74, 6) is 1.98. The van der Waals surface area contributed by atoms with Gasteiger partial charge in [0.15, 0.2) is 0 Å². The minimum absolute atomic E-state index is 0.0576. The van der Waals surface area contributed by atoms with Crippen LogP contribution in [0.2, 0.25) is 0 Å². The van der Waals surface area contributed by atoms with Gasteiger partial charge in [-0.2, -0.15) is 0 Å². The quantitative estimate of drug-likeness (QED) is 0.887. The van der Waals surface area contributed by atoms with E-state index in [1.807, 2.05) is 24.3 Å². The molecule has 0 spiro atoms. The first kappa shape index (κ1) is 14.4. The van der Waals surface area contributed by atoms with E-state index in [2.05, 4.69) is 0 Å². The van der Waals surface area contributed by atoms with Crippen molar-refractivity contribution in [1.82, 2.24) is 0 Å². The van der Waals surface area contributed by atoms with Crippen LogP contribution in [0.25, 0.3) is 0 Å². The molecule has 1 aliphatic carbocycles. The van der Waals surface area contributed by atoms with Gasteiger partial charge < -0.3 is 19.7 Å². The third kappa shape index (κ3) is 2.43. The Bertz CT molecular complexity index is 710. The first-order valence-corrected chi connectivity index (χ1v) is 7.97. The number of hydrogen-bond donors (Lipinski definition) is 2. The summed E-state index contributed by atoms with van der Waals surface area (Å²) in [7, 11) is 1.75. The van der Waals surface area contributed by atoms with Crippen LogP contribution in [0.5, 0.6) is 17.2 Å². The molecule has 23 heavy (non-hydrogen) atoms. The average molecular weight is 312 g/mol. The zero-order valence-corrected chi connectivity index (χ0v) is 13.0. The van der Waals surface area contributed by atoms with E-state index < -0.39 is 0 Å². The summed E-state index contributed by atoms with van der Waals surface area (Å²) in [5.41, 5.74) is 2.14. The molecular formula is C19H20O4. The maximum atomic E-state index is 9.83. The van der Waals surface area contributed by atoms with Gasteiger partial charge in [-0.3, -0.25) is 0 Å². The fourth-order valence-electron chi connectivity index (χ4n) is 4.04. The fraction of sp³-hybridized carbons (Fsp3) is 0.368. The summed E-state index contributed by atoms with van der Waals surface area (Å²) in [6, 6.07) is 12.6. The molecule has 0 unspecified atom stereocenters. The second-order valence-corrected chi connectivity index (χ2v) is 6.45. The Morgan fingerprint density at radius 1 is 1.00 bits per heavy atom. The molecule has 120 valence electrons. The molecule has 4 rings (SSSR count). The molecule has 1 aliphatic heterocycles. The van der Waals surface area contributed by atoms with Gasteiger partial charge in [-0.05, 0) is 54.7 Å². The summed E-state index contributed by atoms with van der Waals surface area (Å²) in [5, 5.41) is 19.4. The lowest BCUT2D eigenvalue weighted by molar-refractivity contribution is 0.0804. The Labute approximate surface area is 135 Å². The van der Waals surface area contributed by atoms with Crippen LogP contribution in [0.3, 0.4) is 0 Å². The van der Waals surface area contributed by atoms with Crippen molar-refractivity contribution in [2.75, 3.05) is 7.11 Å². The van der Waals surface area contributed by atoms with Crippen molar-refractivity contribution in [3.05, 3.63) is 53.6 Å². The zero-order chi connectivity index (χ0) is 16.0. The van der Waals surface area contributed by atoms with Gasteiger partial charge >= 0.3 is 0 Å². The summed E-state index contributed by atoms with van der Waals surface area (Å²) < 4.78 is 11.9. The number of fused-ring (bicyclic) bond motifs is 3. The van der Waals surface area contributed by atoms with Gasteiger partial charge in [-0.1, -0.05) is 12.1 Å². The number of ether oxygens (including phenoxy) is 2. The van der Waals surface area contributed by atoms with Crippen LogP contribution in [0.15, 0.2) is 42.5 Å². The van der Waals surface area contributed by atoms with Crippen LogP contribution in [0.4, 0.5) is 0 Å². The number of methoxy groups -OCH3 is 1. The highest BCUT2D eigenvalue weighted by Crippen LogP contribution is 2.54. The SMILES string of the molecule is CO[C@H]1C[C@@H]2[C@H](C1)c1cc(O)ccc1O[C@@H]2c1ccc(O)cc1. The van der Waals surface area contributed by atoms with Crippen molar-refractivity contribution in [1.29, 1.82) is 0 Å². The van der Waals surface area contributed by atoms with Crippen molar-refractivity contribution < 1.29 is 19.7 Å². The van der Waals surface area contributed by atoms with E-state index in [0.717, 1.165) is 29.7 Å². The topological polar surface area (TPSA) is 58.9 Å². The normalized spacial score (nSPS) is 28.7. The maximum absolute atomic E-state index is 9.83. The summed E-state index contributed by atoms with van der Waals surface area (Å²) >= 11 is 0. The van der Waals surface area contributed by atoms with Crippen LogP contribution in [0, 0.1) is 5.92 Å². The van der Waals surface area contributed by atoms with Gasteiger partial charge in [-0.25, -0.2) is 0 Å². The van der Waals surface area contributed by atoms with Gasteiger partial charge in [0.1, 0.15) is 23.4 Å². The Hall–Kier alpha value is -2.20. The molecule has 4 heteroatoms. The van der Waals surface area contributed by atoms with Crippen molar-refractivity contribution >= 4 is 0 Å². The third-order valence-corrected chi connectivity index (χ3v) is 5.16. The highest BCUT2D eigenvalue weighted by atomic mass is 16.5. The Balaban J connectivity index is 1.76. The fourth-order valence-corrected chi connectivity index (χ4v) is 4.04. The highest BCUT2D eigenvalue weighted by molar-refractivity contribution is 5.46. The minimum Gasteiger partial charge on any atom is -0.508 e. The summed E-state index contributed by atoms with van der Waals surface area (Å²) in [4.78, 5) is 0.